The van der Waals surface area contributed by atoms with Gasteiger partial charge in [-0.15, -0.1) is 6.58 Å². The van der Waals surface area contributed by atoms with Crippen LogP contribution < -0.4 is 0 Å². The minimum Gasteiger partial charge on any atom is -0.376 e. The van der Waals surface area contributed by atoms with Gasteiger partial charge in [0.15, 0.2) is 0 Å². The molecule has 1 saturated heterocycles. The van der Waals surface area contributed by atoms with Crippen LogP contribution in [0, 0.1) is 11.6 Å². The average Bonchev–Trinajstić information content (AvgIpc) is 3.51. The van der Waals surface area contributed by atoms with Crippen LogP contribution in [-0.2, 0) is 33.4 Å². The minimum absolute atomic E-state index is 0.0336. The Hall–Kier alpha value is -3.37. The van der Waals surface area contributed by atoms with Gasteiger partial charge < -0.3 is 14.2 Å². The minimum atomic E-state index is -4.04. The predicted octanol–water partition coefficient (Wildman–Crippen LogP) is 4.14. The lowest BCUT2D eigenvalue weighted by Gasteiger charge is -2.23. The third-order valence-corrected chi connectivity index (χ3v) is 7.56. The van der Waals surface area contributed by atoms with Crippen molar-refractivity contribution in [3.05, 3.63) is 95.8 Å². The van der Waals surface area contributed by atoms with E-state index in [1.807, 2.05) is 0 Å². The summed E-state index contributed by atoms with van der Waals surface area (Å²) < 4.78 is 62.4. The van der Waals surface area contributed by atoms with Gasteiger partial charge in [-0.3, -0.25) is 4.79 Å². The zero-order valence-electron chi connectivity index (χ0n) is 19.6. The number of amides is 1. The Bertz CT molecular complexity index is 1350. The number of carbonyl (C=O) groups excluding carboxylic acids is 1. The third-order valence-electron chi connectivity index (χ3n) is 5.99. The molecule has 2 heterocycles. The smallest absolute Gasteiger partial charge is 0.257 e. The van der Waals surface area contributed by atoms with Crippen molar-refractivity contribution in [1.82, 2.24) is 14.5 Å². The first-order valence-corrected chi connectivity index (χ1v) is 13.2. The third kappa shape index (κ3) is 5.71. The van der Waals surface area contributed by atoms with Crippen LogP contribution in [0.3, 0.4) is 0 Å². The van der Waals surface area contributed by atoms with Gasteiger partial charge in [-0.1, -0.05) is 36.4 Å². The Morgan fingerprint density at radius 1 is 1.17 bits per heavy atom. The topological polar surface area (TPSA) is 81.5 Å². The molecule has 1 atom stereocenters. The lowest BCUT2D eigenvalue weighted by molar-refractivity contribution is 0.0747. The summed E-state index contributed by atoms with van der Waals surface area (Å²) in [6.45, 7) is 4.53. The van der Waals surface area contributed by atoms with Crippen LogP contribution in [0.4, 0.5) is 8.78 Å². The zero-order chi connectivity index (χ0) is 25.7. The number of halogens is 2. The highest BCUT2D eigenvalue weighted by Crippen LogP contribution is 2.24. The number of nitrogens with zero attached hydrogens (tertiary/aromatic N) is 3. The molecule has 190 valence electrons. The fraction of sp³-hybridized carbons (Fsp3) is 0.308. The quantitative estimate of drug-likeness (QED) is 0.379. The molecule has 3 aromatic rings. The van der Waals surface area contributed by atoms with Gasteiger partial charge in [0.25, 0.3) is 5.91 Å². The molecule has 0 aliphatic carbocycles. The molecule has 0 unspecified atom stereocenters. The molecule has 0 bridgehead atoms. The first-order valence-electron chi connectivity index (χ1n) is 11.6. The molecule has 1 fully saturated rings. The van der Waals surface area contributed by atoms with Crippen molar-refractivity contribution in [2.24, 2.45) is 0 Å². The van der Waals surface area contributed by atoms with E-state index in [-0.39, 0.29) is 42.0 Å². The lowest BCUT2D eigenvalue weighted by Crippen LogP contribution is -2.33. The standard InChI is InChI=1S/C26H27F2N3O4S/c1-2-13-30(25(32)22-10-4-6-12-24(22)28)16-20-15-29-26(31(20)17-21-9-7-14-35-21)36(33,34)18-19-8-3-5-11-23(19)27/h2-6,8,10-12,15,21H,1,7,9,13-14,16-18H2/t21-/m1/s1. The SMILES string of the molecule is C=CCN(Cc1cnc(S(=O)(=O)Cc2ccccc2F)n1C[C@H]1CCCO1)C(=O)c1ccccc1F. The number of ether oxygens (including phenoxy) is 1. The number of sulfone groups is 1. The molecule has 0 N–H and O–H groups in total. The highest BCUT2D eigenvalue weighted by Gasteiger charge is 2.29. The van der Waals surface area contributed by atoms with Crippen LogP contribution in [0.5, 0.6) is 0 Å². The molecule has 0 spiro atoms. The van der Waals surface area contributed by atoms with E-state index in [2.05, 4.69) is 11.6 Å². The number of rotatable bonds is 10. The van der Waals surface area contributed by atoms with Crippen LogP contribution in [0.25, 0.3) is 0 Å². The second-order valence-electron chi connectivity index (χ2n) is 8.58. The molecule has 1 aliphatic rings. The van der Waals surface area contributed by atoms with Crippen LogP contribution >= 0.6 is 0 Å². The van der Waals surface area contributed by atoms with E-state index in [0.717, 1.165) is 12.8 Å². The fourth-order valence-electron chi connectivity index (χ4n) is 4.21. The zero-order valence-corrected chi connectivity index (χ0v) is 20.5. The Kier molecular flexibility index (Phi) is 7.95. The van der Waals surface area contributed by atoms with Gasteiger partial charge in [0, 0.05) is 18.7 Å². The van der Waals surface area contributed by atoms with Crippen molar-refractivity contribution in [1.29, 1.82) is 0 Å². The van der Waals surface area contributed by atoms with Gasteiger partial charge in [-0.25, -0.2) is 22.2 Å². The Balaban J connectivity index is 1.69. The summed E-state index contributed by atoms with van der Waals surface area (Å²) in [4.78, 5) is 18.7. The number of imidazole rings is 1. The van der Waals surface area contributed by atoms with E-state index in [0.29, 0.717) is 12.3 Å². The van der Waals surface area contributed by atoms with Crippen molar-refractivity contribution >= 4 is 15.7 Å². The van der Waals surface area contributed by atoms with Gasteiger partial charge in [0.05, 0.1) is 42.4 Å². The molecule has 4 rings (SSSR count). The number of aromatic nitrogens is 2. The first kappa shape index (κ1) is 25.7. The van der Waals surface area contributed by atoms with Crippen LogP contribution in [-0.4, -0.2) is 48.0 Å². The molecule has 1 amide bonds. The Morgan fingerprint density at radius 3 is 2.56 bits per heavy atom. The molecule has 7 nitrogen and oxygen atoms in total. The molecule has 1 aliphatic heterocycles. The van der Waals surface area contributed by atoms with Gasteiger partial charge in [0.1, 0.15) is 11.6 Å². The van der Waals surface area contributed by atoms with E-state index in [1.165, 1.54) is 58.1 Å². The number of hydrogen-bond acceptors (Lipinski definition) is 5. The van der Waals surface area contributed by atoms with Crippen molar-refractivity contribution in [2.45, 2.75) is 42.9 Å². The van der Waals surface area contributed by atoms with Gasteiger partial charge in [-0.05, 0) is 31.0 Å². The summed E-state index contributed by atoms with van der Waals surface area (Å²) in [5.74, 6) is -2.40. The normalized spacial score (nSPS) is 15.7. The second kappa shape index (κ2) is 11.1. The van der Waals surface area contributed by atoms with Crippen LogP contribution in [0.2, 0.25) is 0 Å². The maximum atomic E-state index is 14.3. The molecule has 0 saturated carbocycles. The lowest BCUT2D eigenvalue weighted by atomic mass is 10.1. The van der Waals surface area contributed by atoms with Gasteiger partial charge in [-0.2, -0.15) is 0 Å². The maximum Gasteiger partial charge on any atom is 0.257 e. The molecular formula is C26H27F2N3O4S. The van der Waals surface area contributed by atoms with E-state index < -0.39 is 33.1 Å². The van der Waals surface area contributed by atoms with Gasteiger partial charge >= 0.3 is 0 Å². The largest absolute Gasteiger partial charge is 0.376 e. The summed E-state index contributed by atoms with van der Waals surface area (Å²) in [6, 6.07) is 11.3. The van der Waals surface area contributed by atoms with E-state index in [9.17, 15) is 22.0 Å². The Morgan fingerprint density at radius 2 is 1.89 bits per heavy atom. The summed E-state index contributed by atoms with van der Waals surface area (Å²) in [5, 5.41) is -0.229. The average molecular weight is 516 g/mol. The van der Waals surface area contributed by atoms with Crippen molar-refractivity contribution in [3.8, 4) is 0 Å². The van der Waals surface area contributed by atoms with Crippen molar-refractivity contribution in [3.63, 3.8) is 0 Å². The first-order chi connectivity index (χ1) is 17.3. The van der Waals surface area contributed by atoms with Crippen molar-refractivity contribution in [2.75, 3.05) is 13.2 Å². The predicted molar refractivity (Wildman–Crippen MR) is 130 cm³/mol. The number of hydrogen-bond donors (Lipinski definition) is 0. The van der Waals surface area contributed by atoms with Crippen molar-refractivity contribution < 1.29 is 26.7 Å². The second-order valence-corrected chi connectivity index (χ2v) is 10.5. The molecule has 1 aromatic heterocycles. The van der Waals surface area contributed by atoms with Crippen LogP contribution in [0.15, 0.2) is 72.5 Å². The molecular weight excluding hydrogens is 488 g/mol. The summed E-state index contributed by atoms with van der Waals surface area (Å²) in [7, 11) is -4.04. The highest BCUT2D eigenvalue weighted by atomic mass is 32.2. The van der Waals surface area contributed by atoms with Crippen LogP contribution in [0.1, 0.15) is 34.5 Å². The summed E-state index contributed by atoms with van der Waals surface area (Å²) in [5.41, 5.74) is 0.370. The monoisotopic (exact) mass is 515 g/mol. The summed E-state index contributed by atoms with van der Waals surface area (Å²) in [6.07, 6.45) is 4.26. The maximum absolute atomic E-state index is 14.3. The number of carbonyl (C=O) groups is 1. The number of benzene rings is 2. The Labute approximate surface area is 208 Å². The van der Waals surface area contributed by atoms with E-state index in [4.69, 9.17) is 4.74 Å². The molecule has 2 aromatic carbocycles. The van der Waals surface area contributed by atoms with E-state index >= 15 is 0 Å². The molecule has 36 heavy (non-hydrogen) atoms. The molecule has 0 radical (unpaired) electrons. The summed E-state index contributed by atoms with van der Waals surface area (Å²) >= 11 is 0. The van der Waals surface area contributed by atoms with E-state index in [1.54, 1.807) is 12.1 Å². The van der Waals surface area contributed by atoms with Gasteiger partial charge in [0.2, 0.25) is 15.0 Å². The fourth-order valence-corrected chi connectivity index (χ4v) is 5.73. The highest BCUT2D eigenvalue weighted by molar-refractivity contribution is 7.90. The molecule has 10 heteroatoms.